The number of hydrogen-bond donors (Lipinski definition) is 0. The zero-order chi connectivity index (χ0) is 35.7. The van der Waals surface area contributed by atoms with E-state index in [1.54, 1.807) is 0 Å². The van der Waals surface area contributed by atoms with Gasteiger partial charge in [-0.1, -0.05) is 111 Å². The number of aromatic nitrogens is 1. The summed E-state index contributed by atoms with van der Waals surface area (Å²) in [5.74, 6) is 0. The van der Waals surface area contributed by atoms with Crippen LogP contribution in [0.3, 0.4) is 0 Å². The Bertz CT molecular complexity index is 3350. The van der Waals surface area contributed by atoms with E-state index in [-0.39, 0.29) is 5.41 Å². The van der Waals surface area contributed by atoms with Gasteiger partial charge in [0.1, 0.15) is 0 Å². The van der Waals surface area contributed by atoms with Gasteiger partial charge in [0.2, 0.25) is 0 Å². The predicted octanol–water partition coefficient (Wildman–Crippen LogP) is 15.2. The lowest BCUT2D eigenvalue weighted by Gasteiger charge is -2.23. The molecule has 54 heavy (non-hydrogen) atoms. The highest BCUT2D eigenvalue weighted by Crippen LogP contribution is 2.54. The van der Waals surface area contributed by atoms with Gasteiger partial charge >= 0.3 is 0 Å². The normalized spacial score (nSPS) is 13.5. The summed E-state index contributed by atoms with van der Waals surface area (Å²) in [7, 11) is 0. The van der Waals surface area contributed by atoms with Crippen LogP contribution in [0.25, 0.3) is 101 Å². The molecule has 0 bridgehead atoms. The summed E-state index contributed by atoms with van der Waals surface area (Å²) < 4.78 is 7.86. The van der Waals surface area contributed by atoms with E-state index in [2.05, 4.69) is 182 Å². The third-order valence-corrected chi connectivity index (χ3v) is 14.3. The van der Waals surface area contributed by atoms with Gasteiger partial charge in [-0.05, 0) is 111 Å². The molecule has 3 heterocycles. The predicted molar refractivity (Wildman–Crippen MR) is 235 cm³/mol. The molecule has 1 aliphatic rings. The highest BCUT2D eigenvalue weighted by atomic mass is 32.1. The lowest BCUT2D eigenvalue weighted by Crippen LogP contribution is -2.15. The van der Waals surface area contributed by atoms with Gasteiger partial charge in [-0.25, -0.2) is 0 Å². The summed E-state index contributed by atoms with van der Waals surface area (Å²) in [5.41, 5.74) is 14.1. The van der Waals surface area contributed by atoms with Crippen LogP contribution in [0.15, 0.2) is 164 Å². The summed E-state index contributed by atoms with van der Waals surface area (Å²) in [6, 6.07) is 61.4. The first-order chi connectivity index (χ1) is 26.5. The van der Waals surface area contributed by atoms with Crippen LogP contribution >= 0.6 is 22.7 Å². The van der Waals surface area contributed by atoms with Gasteiger partial charge in [0, 0.05) is 62.2 Å². The van der Waals surface area contributed by atoms with Crippen molar-refractivity contribution in [3.8, 4) is 39.1 Å². The van der Waals surface area contributed by atoms with Crippen LogP contribution in [0, 0.1) is 0 Å². The van der Waals surface area contributed by atoms with E-state index >= 15 is 0 Å². The number of fused-ring (bicyclic) bond motifs is 13. The summed E-state index contributed by atoms with van der Waals surface area (Å²) in [5, 5.41) is 7.97. The Balaban J connectivity index is 1.06. The largest absolute Gasteiger partial charge is 0.309 e. The number of rotatable bonds is 3. The molecule has 0 saturated heterocycles. The van der Waals surface area contributed by atoms with Crippen molar-refractivity contribution < 1.29 is 0 Å². The van der Waals surface area contributed by atoms with E-state index in [9.17, 15) is 0 Å². The second-order valence-electron chi connectivity index (χ2n) is 15.3. The fourth-order valence-corrected chi connectivity index (χ4v) is 11.6. The Labute approximate surface area is 321 Å². The highest BCUT2D eigenvalue weighted by molar-refractivity contribution is 7.26. The smallest absolute Gasteiger partial charge is 0.0541 e. The van der Waals surface area contributed by atoms with Gasteiger partial charge in [0.05, 0.1) is 11.0 Å². The van der Waals surface area contributed by atoms with E-state index in [4.69, 9.17) is 0 Å². The first kappa shape index (κ1) is 30.5. The molecule has 0 fully saturated rings. The molecule has 3 heteroatoms. The minimum Gasteiger partial charge on any atom is -0.309 e. The van der Waals surface area contributed by atoms with Crippen LogP contribution in [-0.4, -0.2) is 4.57 Å². The first-order valence-electron chi connectivity index (χ1n) is 18.7. The summed E-state index contributed by atoms with van der Waals surface area (Å²) in [4.78, 5) is 0. The maximum atomic E-state index is 2.47. The van der Waals surface area contributed by atoms with E-state index in [1.807, 2.05) is 22.7 Å². The minimum atomic E-state index is -0.126. The van der Waals surface area contributed by atoms with E-state index in [1.165, 1.54) is 112 Å². The van der Waals surface area contributed by atoms with E-state index in [0.717, 1.165) is 0 Å². The van der Waals surface area contributed by atoms with Crippen LogP contribution < -0.4 is 0 Å². The molecule has 3 aromatic heterocycles. The second kappa shape index (κ2) is 11.0. The van der Waals surface area contributed by atoms with Crippen molar-refractivity contribution in [1.82, 2.24) is 4.57 Å². The van der Waals surface area contributed by atoms with Crippen molar-refractivity contribution in [3.63, 3.8) is 0 Å². The molecule has 0 aliphatic heterocycles. The van der Waals surface area contributed by atoms with Gasteiger partial charge < -0.3 is 4.57 Å². The van der Waals surface area contributed by atoms with Crippen molar-refractivity contribution in [1.29, 1.82) is 0 Å². The molecule has 0 unspecified atom stereocenters. The Kier molecular flexibility index (Phi) is 6.22. The number of thiophene rings is 2. The van der Waals surface area contributed by atoms with Crippen molar-refractivity contribution in [2.24, 2.45) is 0 Å². The lowest BCUT2D eigenvalue weighted by atomic mass is 9.80. The Morgan fingerprint density at radius 3 is 1.76 bits per heavy atom. The molecule has 11 aromatic rings. The molecule has 0 amide bonds. The molecule has 1 nitrogen and oxygen atoms in total. The zero-order valence-electron chi connectivity index (χ0n) is 29.9. The molecule has 12 rings (SSSR count). The van der Waals surface area contributed by atoms with Crippen LogP contribution in [0.4, 0.5) is 0 Å². The fourth-order valence-electron chi connectivity index (χ4n) is 9.45. The molecule has 0 radical (unpaired) electrons. The van der Waals surface area contributed by atoms with Gasteiger partial charge in [0.15, 0.2) is 0 Å². The van der Waals surface area contributed by atoms with Gasteiger partial charge in [0.25, 0.3) is 0 Å². The highest BCUT2D eigenvalue weighted by Gasteiger charge is 2.38. The van der Waals surface area contributed by atoms with Gasteiger partial charge in [-0.3, -0.25) is 0 Å². The third kappa shape index (κ3) is 4.20. The topological polar surface area (TPSA) is 4.93 Å². The standard InChI is InChI=1S/C51H33NS2/c1-51(2)42-28-33(16-20-35(42)37-21-25-48-49(50(37)51)38-13-7-9-15-46(38)54-48)32-18-23-44-40(27-32)39-26-31(30-10-4-3-5-11-30)17-22-43(39)52(44)34-19-24-47-41(29-34)36-12-6-8-14-45(36)53-47/h3-29H,1-2H3. The summed E-state index contributed by atoms with van der Waals surface area (Å²) >= 11 is 3.78. The van der Waals surface area contributed by atoms with E-state index in [0.29, 0.717) is 0 Å². The van der Waals surface area contributed by atoms with Crippen LogP contribution in [0.2, 0.25) is 0 Å². The van der Waals surface area contributed by atoms with Crippen molar-refractivity contribution in [3.05, 3.63) is 175 Å². The van der Waals surface area contributed by atoms with Crippen LogP contribution in [0.1, 0.15) is 25.0 Å². The quantitative estimate of drug-likeness (QED) is 0.171. The molecule has 0 N–H and O–H groups in total. The molecular weight excluding hydrogens is 691 g/mol. The molecule has 0 spiro atoms. The summed E-state index contributed by atoms with van der Waals surface area (Å²) in [6.45, 7) is 4.84. The molecular formula is C51H33NS2. The Morgan fingerprint density at radius 2 is 0.981 bits per heavy atom. The maximum Gasteiger partial charge on any atom is 0.0541 e. The maximum absolute atomic E-state index is 2.47. The molecule has 1 aliphatic carbocycles. The molecule has 0 atom stereocenters. The van der Waals surface area contributed by atoms with Crippen molar-refractivity contribution in [2.45, 2.75) is 19.3 Å². The number of hydrogen-bond acceptors (Lipinski definition) is 2. The minimum absolute atomic E-state index is 0.126. The zero-order valence-corrected chi connectivity index (χ0v) is 31.5. The van der Waals surface area contributed by atoms with Gasteiger partial charge in [-0.2, -0.15) is 0 Å². The van der Waals surface area contributed by atoms with E-state index < -0.39 is 0 Å². The molecule has 254 valence electrons. The van der Waals surface area contributed by atoms with Crippen molar-refractivity contribution in [2.75, 3.05) is 0 Å². The SMILES string of the molecule is CC1(C)c2cc(-c3ccc4c(c3)c3cc(-c5ccccc5)ccc3n4-c3ccc4sc5ccccc5c4c3)ccc2-c2ccc3sc4ccccc4c3c21. The third-order valence-electron chi connectivity index (χ3n) is 12.0. The number of benzene rings is 8. The van der Waals surface area contributed by atoms with Crippen LogP contribution in [0.5, 0.6) is 0 Å². The lowest BCUT2D eigenvalue weighted by molar-refractivity contribution is 0.667. The Morgan fingerprint density at radius 1 is 0.407 bits per heavy atom. The summed E-state index contributed by atoms with van der Waals surface area (Å²) in [6.07, 6.45) is 0. The van der Waals surface area contributed by atoms with Crippen LogP contribution in [-0.2, 0) is 5.41 Å². The fraction of sp³-hybridized carbons (Fsp3) is 0.0588. The van der Waals surface area contributed by atoms with Gasteiger partial charge in [-0.15, -0.1) is 22.7 Å². The monoisotopic (exact) mass is 723 g/mol. The first-order valence-corrected chi connectivity index (χ1v) is 20.3. The van der Waals surface area contributed by atoms with Crippen molar-refractivity contribution >= 4 is 84.8 Å². The second-order valence-corrected chi connectivity index (χ2v) is 17.5. The number of nitrogens with zero attached hydrogens (tertiary/aromatic N) is 1. The average Bonchev–Trinajstić information content (AvgIpc) is 3.94. The average molecular weight is 724 g/mol. The Hall–Kier alpha value is -6.00. The molecule has 0 saturated carbocycles. The molecule has 8 aromatic carbocycles.